The molecule has 0 radical (unpaired) electrons. The molecule has 0 atom stereocenters. The van der Waals surface area contributed by atoms with E-state index in [2.05, 4.69) is 5.32 Å². The summed E-state index contributed by atoms with van der Waals surface area (Å²) in [5.74, 6) is 0.583. The van der Waals surface area contributed by atoms with Crippen LogP contribution < -0.4 is 15.8 Å². The molecule has 0 spiro atoms. The lowest BCUT2D eigenvalue weighted by molar-refractivity contribution is -0.112. The van der Waals surface area contributed by atoms with Crippen LogP contribution in [0.4, 0.5) is 5.69 Å². The summed E-state index contributed by atoms with van der Waals surface area (Å²) in [6.07, 6.45) is 2.68. The van der Waals surface area contributed by atoms with E-state index in [4.69, 9.17) is 10.5 Å². The number of nitrogens with one attached hydrogen (secondary N) is 1. The second kappa shape index (κ2) is 3.73. The Hall–Kier alpha value is -2.56. The summed E-state index contributed by atoms with van der Waals surface area (Å²) in [7, 11) is 0. The minimum Gasteiger partial charge on any atom is -0.458 e. The number of anilines is 1. The van der Waals surface area contributed by atoms with Gasteiger partial charge < -0.3 is 15.8 Å². The maximum Gasteiger partial charge on any atom is 0.259 e. The van der Waals surface area contributed by atoms with E-state index in [1.807, 2.05) is 0 Å². The molecule has 5 nitrogen and oxygen atoms in total. The van der Waals surface area contributed by atoms with Crippen molar-refractivity contribution in [3.63, 3.8) is 0 Å². The molecule has 1 heterocycles. The van der Waals surface area contributed by atoms with Crippen LogP contribution in [0.5, 0.6) is 5.75 Å². The molecular weight excluding hydrogens is 232 g/mol. The number of hydrogen-bond acceptors (Lipinski definition) is 4. The molecule has 0 unspecified atom stereocenters. The molecule has 1 aromatic carbocycles. The van der Waals surface area contributed by atoms with Crippen molar-refractivity contribution in [1.29, 1.82) is 0 Å². The third-order valence-electron chi connectivity index (χ3n) is 2.89. The van der Waals surface area contributed by atoms with Gasteiger partial charge in [0.05, 0.1) is 16.8 Å². The van der Waals surface area contributed by atoms with Gasteiger partial charge in [0.2, 0.25) is 0 Å². The van der Waals surface area contributed by atoms with Gasteiger partial charge in [-0.1, -0.05) is 6.07 Å². The van der Waals surface area contributed by atoms with Gasteiger partial charge in [0.1, 0.15) is 5.76 Å². The predicted octanol–water partition coefficient (Wildman–Crippen LogP) is 1.33. The van der Waals surface area contributed by atoms with Crippen LogP contribution in [0.25, 0.3) is 0 Å². The summed E-state index contributed by atoms with van der Waals surface area (Å²) >= 11 is 0. The fourth-order valence-corrected chi connectivity index (χ4v) is 2.05. The highest BCUT2D eigenvalue weighted by Crippen LogP contribution is 2.36. The standard InChI is InChI=1S/C13H10N2O3/c14-8-4-9-11(5-8)18-12-7(6-16)2-1-3-10(12)15-13(9)17/h1-4,6H,5,14H2,(H,15,17). The van der Waals surface area contributed by atoms with E-state index in [1.165, 1.54) is 0 Å². The molecule has 1 aliphatic heterocycles. The average molecular weight is 242 g/mol. The Balaban J connectivity index is 2.12. The number of nitrogens with two attached hydrogens (primary N) is 1. The quantitative estimate of drug-likeness (QED) is 0.728. The monoisotopic (exact) mass is 242 g/mol. The highest BCUT2D eigenvalue weighted by molar-refractivity contribution is 6.09. The molecule has 2 aliphatic rings. The summed E-state index contributed by atoms with van der Waals surface area (Å²) in [6, 6.07) is 5.01. The summed E-state index contributed by atoms with van der Waals surface area (Å²) in [6.45, 7) is 0. The molecular formula is C13H10N2O3. The molecule has 0 bridgehead atoms. The maximum absolute atomic E-state index is 12.0. The first-order valence-corrected chi connectivity index (χ1v) is 5.45. The van der Waals surface area contributed by atoms with Crippen LogP contribution in [0.2, 0.25) is 0 Å². The van der Waals surface area contributed by atoms with Gasteiger partial charge in [0, 0.05) is 12.1 Å². The van der Waals surface area contributed by atoms with Gasteiger partial charge in [-0.15, -0.1) is 0 Å². The van der Waals surface area contributed by atoms with Gasteiger partial charge in [-0.05, 0) is 18.2 Å². The molecule has 3 N–H and O–H groups in total. The molecule has 1 aliphatic carbocycles. The molecule has 0 aromatic heterocycles. The van der Waals surface area contributed by atoms with Crippen LogP contribution in [-0.4, -0.2) is 12.2 Å². The van der Waals surface area contributed by atoms with Crippen molar-refractivity contribution in [1.82, 2.24) is 0 Å². The topological polar surface area (TPSA) is 81.4 Å². The van der Waals surface area contributed by atoms with Gasteiger partial charge in [-0.2, -0.15) is 0 Å². The van der Waals surface area contributed by atoms with E-state index in [-0.39, 0.29) is 5.91 Å². The van der Waals surface area contributed by atoms with Crippen LogP contribution in [-0.2, 0) is 4.79 Å². The van der Waals surface area contributed by atoms with Crippen molar-refractivity contribution in [2.45, 2.75) is 6.42 Å². The third-order valence-corrected chi connectivity index (χ3v) is 2.89. The zero-order valence-electron chi connectivity index (χ0n) is 9.40. The number of carbonyl (C=O) groups excluding carboxylic acids is 2. The van der Waals surface area contributed by atoms with E-state index in [1.54, 1.807) is 24.3 Å². The predicted molar refractivity (Wildman–Crippen MR) is 65.0 cm³/mol. The number of para-hydroxylation sites is 1. The Labute approximate surface area is 103 Å². The molecule has 5 heteroatoms. The summed E-state index contributed by atoms with van der Waals surface area (Å²) in [5.41, 5.74) is 7.56. The number of amides is 1. The molecule has 1 amide bonds. The number of fused-ring (bicyclic) bond motifs is 1. The molecule has 1 aromatic rings. The Morgan fingerprint density at radius 1 is 1.39 bits per heavy atom. The summed E-state index contributed by atoms with van der Waals surface area (Å²) in [4.78, 5) is 22.9. The molecule has 0 fully saturated rings. The van der Waals surface area contributed by atoms with Gasteiger partial charge in [-0.3, -0.25) is 9.59 Å². The van der Waals surface area contributed by atoms with Crippen LogP contribution in [0.1, 0.15) is 16.8 Å². The van der Waals surface area contributed by atoms with Crippen molar-refractivity contribution < 1.29 is 14.3 Å². The molecule has 18 heavy (non-hydrogen) atoms. The van der Waals surface area contributed by atoms with Crippen LogP contribution in [0, 0.1) is 0 Å². The lowest BCUT2D eigenvalue weighted by atomic mass is 10.2. The highest BCUT2D eigenvalue weighted by atomic mass is 16.5. The van der Waals surface area contributed by atoms with Gasteiger partial charge >= 0.3 is 0 Å². The SMILES string of the molecule is NC1=CC2=C(C1)Oc1c(C=O)cccc1NC2=O. The van der Waals surface area contributed by atoms with Crippen molar-refractivity contribution in [2.75, 3.05) is 5.32 Å². The number of hydrogen-bond donors (Lipinski definition) is 2. The van der Waals surface area contributed by atoms with E-state index in [9.17, 15) is 9.59 Å². The molecule has 0 saturated carbocycles. The van der Waals surface area contributed by atoms with Crippen molar-refractivity contribution in [3.05, 3.63) is 46.9 Å². The Bertz CT molecular complexity index is 629. The fraction of sp³-hybridized carbons (Fsp3) is 0.0769. The number of carbonyl (C=O) groups is 2. The molecule has 0 saturated heterocycles. The van der Waals surface area contributed by atoms with Crippen molar-refractivity contribution in [3.8, 4) is 5.75 Å². The maximum atomic E-state index is 12.0. The summed E-state index contributed by atoms with van der Waals surface area (Å²) in [5, 5.41) is 2.71. The largest absolute Gasteiger partial charge is 0.458 e. The van der Waals surface area contributed by atoms with E-state index >= 15 is 0 Å². The minimum absolute atomic E-state index is 0.271. The normalized spacial score (nSPS) is 17.1. The Morgan fingerprint density at radius 2 is 2.22 bits per heavy atom. The summed E-state index contributed by atoms with van der Waals surface area (Å²) < 4.78 is 5.68. The minimum atomic E-state index is -0.271. The van der Waals surface area contributed by atoms with Gasteiger partial charge in [-0.25, -0.2) is 0 Å². The second-order valence-electron chi connectivity index (χ2n) is 4.13. The van der Waals surface area contributed by atoms with Crippen molar-refractivity contribution >= 4 is 17.9 Å². The fourth-order valence-electron chi connectivity index (χ4n) is 2.05. The number of ether oxygens (including phenoxy) is 1. The van der Waals surface area contributed by atoms with Crippen LogP contribution >= 0.6 is 0 Å². The lowest BCUT2D eigenvalue weighted by Crippen LogP contribution is -2.12. The third kappa shape index (κ3) is 1.48. The zero-order valence-corrected chi connectivity index (χ0v) is 9.40. The number of rotatable bonds is 1. The first kappa shape index (κ1) is 10.6. The number of aldehydes is 1. The van der Waals surface area contributed by atoms with E-state index in [0.717, 1.165) is 0 Å². The number of benzene rings is 1. The molecule has 3 rings (SSSR count). The smallest absolute Gasteiger partial charge is 0.259 e. The Morgan fingerprint density at radius 3 is 3.00 bits per heavy atom. The lowest BCUT2D eigenvalue weighted by Gasteiger charge is -2.11. The average Bonchev–Trinajstić information content (AvgIpc) is 2.66. The van der Waals surface area contributed by atoms with E-state index < -0.39 is 0 Å². The zero-order chi connectivity index (χ0) is 12.7. The van der Waals surface area contributed by atoms with Crippen LogP contribution in [0.15, 0.2) is 41.3 Å². The van der Waals surface area contributed by atoms with Gasteiger partial charge in [0.25, 0.3) is 5.91 Å². The molecule has 90 valence electrons. The first-order valence-electron chi connectivity index (χ1n) is 5.45. The highest BCUT2D eigenvalue weighted by Gasteiger charge is 2.27. The van der Waals surface area contributed by atoms with E-state index in [0.29, 0.717) is 46.7 Å². The first-order chi connectivity index (χ1) is 8.69. The Kier molecular flexibility index (Phi) is 2.19. The van der Waals surface area contributed by atoms with Gasteiger partial charge in [0.15, 0.2) is 12.0 Å². The second-order valence-corrected chi connectivity index (χ2v) is 4.13. The van der Waals surface area contributed by atoms with Crippen molar-refractivity contribution in [2.24, 2.45) is 5.73 Å². The van der Waals surface area contributed by atoms with Crippen LogP contribution in [0.3, 0.4) is 0 Å².